The van der Waals surface area contributed by atoms with E-state index in [1.807, 2.05) is 0 Å². The molecule has 9 heteroatoms. The zero-order chi connectivity index (χ0) is 24.5. The van der Waals surface area contributed by atoms with E-state index < -0.39 is 17.9 Å². The number of halogens is 1. The molecule has 34 heavy (non-hydrogen) atoms. The van der Waals surface area contributed by atoms with Gasteiger partial charge in [0.2, 0.25) is 0 Å². The Balaban J connectivity index is 1.91. The Labute approximate surface area is 196 Å². The van der Waals surface area contributed by atoms with E-state index in [-0.39, 0.29) is 23.7 Å². The fourth-order valence-corrected chi connectivity index (χ4v) is 3.34. The summed E-state index contributed by atoms with van der Waals surface area (Å²) in [5.41, 5.74) is 8.09. The molecule has 0 saturated heterocycles. The van der Waals surface area contributed by atoms with Gasteiger partial charge in [0, 0.05) is 18.7 Å². The number of esters is 1. The molecular weight excluding hydrogens is 437 g/mol. The standard InChI is InChI=1S/C25H24FN5O3/c1-34-25(33)22(15-28)31-24(32)20-9-10-21(19-8-3-2-6-17(19)14-27)30-23(20)29-12-11-16-5-4-7-18(26)13-16/h2-10,13,22H,11-12,15,28H2,1H3,(H,29,30)(H,31,32)/t22-/m1/s1. The number of ether oxygens (including phenoxy) is 1. The van der Waals surface area contributed by atoms with Gasteiger partial charge in [-0.15, -0.1) is 0 Å². The Kier molecular flexibility index (Phi) is 8.26. The number of benzene rings is 2. The van der Waals surface area contributed by atoms with Crippen LogP contribution in [-0.4, -0.2) is 43.1 Å². The number of carbonyl (C=O) groups is 2. The van der Waals surface area contributed by atoms with Crippen molar-refractivity contribution in [3.63, 3.8) is 0 Å². The predicted molar refractivity (Wildman–Crippen MR) is 125 cm³/mol. The van der Waals surface area contributed by atoms with Gasteiger partial charge in [-0.05, 0) is 42.3 Å². The van der Waals surface area contributed by atoms with Crippen LogP contribution in [0.2, 0.25) is 0 Å². The van der Waals surface area contributed by atoms with Crippen molar-refractivity contribution in [3.8, 4) is 17.3 Å². The molecule has 3 rings (SSSR count). The van der Waals surface area contributed by atoms with E-state index in [0.29, 0.717) is 29.8 Å². The highest BCUT2D eigenvalue weighted by Crippen LogP contribution is 2.25. The topological polar surface area (TPSA) is 130 Å². The summed E-state index contributed by atoms with van der Waals surface area (Å²) >= 11 is 0. The van der Waals surface area contributed by atoms with Crippen molar-refractivity contribution in [2.75, 3.05) is 25.5 Å². The minimum Gasteiger partial charge on any atom is -0.467 e. The van der Waals surface area contributed by atoms with Crippen molar-refractivity contribution >= 4 is 17.7 Å². The van der Waals surface area contributed by atoms with Crippen LogP contribution in [0.25, 0.3) is 11.3 Å². The van der Waals surface area contributed by atoms with Crippen molar-refractivity contribution < 1.29 is 18.7 Å². The number of aromatic nitrogens is 1. The minimum absolute atomic E-state index is 0.137. The number of rotatable bonds is 9. The largest absolute Gasteiger partial charge is 0.467 e. The Morgan fingerprint density at radius 1 is 1.18 bits per heavy atom. The lowest BCUT2D eigenvalue weighted by atomic mass is 10.0. The van der Waals surface area contributed by atoms with Crippen molar-refractivity contribution in [1.82, 2.24) is 10.3 Å². The SMILES string of the molecule is COC(=O)[C@@H](CN)NC(=O)c1ccc(-c2ccccc2C#N)nc1NCCc1cccc(F)c1. The van der Waals surface area contributed by atoms with Crippen molar-refractivity contribution in [2.24, 2.45) is 5.73 Å². The van der Waals surface area contributed by atoms with Crippen LogP contribution in [0.1, 0.15) is 21.5 Å². The van der Waals surface area contributed by atoms with Gasteiger partial charge in [0.05, 0.1) is 30.0 Å². The Bertz CT molecular complexity index is 1230. The van der Waals surface area contributed by atoms with E-state index in [1.54, 1.807) is 48.5 Å². The summed E-state index contributed by atoms with van der Waals surface area (Å²) in [4.78, 5) is 29.4. The van der Waals surface area contributed by atoms with E-state index in [1.165, 1.54) is 19.2 Å². The molecule has 0 unspecified atom stereocenters. The van der Waals surface area contributed by atoms with Crippen LogP contribution in [0, 0.1) is 17.1 Å². The zero-order valence-corrected chi connectivity index (χ0v) is 18.5. The van der Waals surface area contributed by atoms with Gasteiger partial charge in [-0.25, -0.2) is 14.2 Å². The number of nitrogens with two attached hydrogens (primary N) is 1. The first-order valence-electron chi connectivity index (χ1n) is 10.5. The maximum absolute atomic E-state index is 13.5. The van der Waals surface area contributed by atoms with Crippen LogP contribution < -0.4 is 16.4 Å². The number of hydrogen-bond acceptors (Lipinski definition) is 7. The number of nitriles is 1. The molecule has 0 aliphatic carbocycles. The fraction of sp³-hybridized carbons (Fsp3) is 0.200. The zero-order valence-electron chi connectivity index (χ0n) is 18.5. The maximum Gasteiger partial charge on any atom is 0.329 e. The van der Waals surface area contributed by atoms with Crippen molar-refractivity contribution in [3.05, 3.63) is 83.2 Å². The average Bonchev–Trinajstić information content (AvgIpc) is 2.86. The molecule has 1 atom stereocenters. The highest BCUT2D eigenvalue weighted by molar-refractivity contribution is 6.01. The van der Waals surface area contributed by atoms with Gasteiger partial charge in [-0.1, -0.05) is 30.3 Å². The summed E-state index contributed by atoms with van der Waals surface area (Å²) in [7, 11) is 1.21. The molecule has 8 nitrogen and oxygen atoms in total. The average molecular weight is 461 g/mol. The summed E-state index contributed by atoms with van der Waals surface area (Å²) in [6.07, 6.45) is 0.479. The molecule has 4 N–H and O–H groups in total. The van der Waals surface area contributed by atoms with Gasteiger partial charge in [0.25, 0.3) is 5.91 Å². The van der Waals surface area contributed by atoms with E-state index in [0.717, 1.165) is 5.56 Å². The third-order valence-corrected chi connectivity index (χ3v) is 5.09. The number of nitrogens with zero attached hydrogens (tertiary/aromatic N) is 2. The number of carbonyl (C=O) groups excluding carboxylic acids is 2. The molecule has 3 aromatic rings. The lowest BCUT2D eigenvalue weighted by Gasteiger charge is -2.17. The van der Waals surface area contributed by atoms with E-state index in [9.17, 15) is 19.2 Å². The first-order chi connectivity index (χ1) is 16.5. The highest BCUT2D eigenvalue weighted by atomic mass is 19.1. The van der Waals surface area contributed by atoms with E-state index >= 15 is 0 Å². The van der Waals surface area contributed by atoms with Gasteiger partial charge in [-0.3, -0.25) is 4.79 Å². The molecule has 2 aromatic carbocycles. The molecule has 0 spiro atoms. The number of hydrogen-bond donors (Lipinski definition) is 3. The normalized spacial score (nSPS) is 11.2. The monoisotopic (exact) mass is 461 g/mol. The Morgan fingerprint density at radius 2 is 1.97 bits per heavy atom. The molecule has 0 aliphatic rings. The predicted octanol–water partition coefficient (Wildman–Crippen LogP) is 2.64. The quantitative estimate of drug-likeness (QED) is 0.418. The first-order valence-corrected chi connectivity index (χ1v) is 10.5. The lowest BCUT2D eigenvalue weighted by Crippen LogP contribution is -2.46. The van der Waals surface area contributed by atoms with Gasteiger partial charge in [0.1, 0.15) is 17.7 Å². The summed E-state index contributed by atoms with van der Waals surface area (Å²) in [5, 5.41) is 15.1. The van der Waals surface area contributed by atoms with Crippen LogP contribution in [0.5, 0.6) is 0 Å². The van der Waals surface area contributed by atoms with E-state index in [4.69, 9.17) is 5.73 Å². The number of nitrogens with one attached hydrogen (secondary N) is 2. The third kappa shape index (κ3) is 5.94. The summed E-state index contributed by atoms with van der Waals surface area (Å²) in [6.45, 7) is 0.221. The van der Waals surface area contributed by atoms with Crippen LogP contribution in [0.3, 0.4) is 0 Å². The second-order valence-corrected chi connectivity index (χ2v) is 7.34. The molecule has 1 aromatic heterocycles. The number of amides is 1. The molecule has 0 radical (unpaired) electrons. The second kappa shape index (κ2) is 11.5. The van der Waals surface area contributed by atoms with Gasteiger partial charge in [-0.2, -0.15) is 5.26 Å². The van der Waals surface area contributed by atoms with Crippen LogP contribution >= 0.6 is 0 Å². The van der Waals surface area contributed by atoms with Crippen molar-refractivity contribution in [2.45, 2.75) is 12.5 Å². The molecular formula is C25H24FN5O3. The van der Waals surface area contributed by atoms with Crippen LogP contribution in [-0.2, 0) is 16.0 Å². The highest BCUT2D eigenvalue weighted by Gasteiger charge is 2.23. The Morgan fingerprint density at radius 3 is 2.68 bits per heavy atom. The van der Waals surface area contributed by atoms with Crippen LogP contribution in [0.4, 0.5) is 10.2 Å². The third-order valence-electron chi connectivity index (χ3n) is 5.09. The molecule has 1 heterocycles. The first kappa shape index (κ1) is 24.4. The van der Waals surface area contributed by atoms with Crippen molar-refractivity contribution in [1.29, 1.82) is 5.26 Å². The lowest BCUT2D eigenvalue weighted by molar-refractivity contribution is -0.142. The summed E-state index contributed by atoms with van der Waals surface area (Å²) < 4.78 is 18.2. The van der Waals surface area contributed by atoms with Gasteiger partial charge < -0.3 is 21.1 Å². The summed E-state index contributed by atoms with van der Waals surface area (Å²) in [5.74, 6) is -1.31. The molecule has 174 valence electrons. The van der Waals surface area contributed by atoms with Crippen LogP contribution in [0.15, 0.2) is 60.7 Å². The molecule has 0 fully saturated rings. The molecule has 1 amide bonds. The maximum atomic E-state index is 13.5. The minimum atomic E-state index is -1.02. The number of pyridine rings is 1. The Hall–Kier alpha value is -4.29. The fourth-order valence-electron chi connectivity index (χ4n) is 3.34. The molecule has 0 saturated carbocycles. The number of anilines is 1. The molecule has 0 aliphatic heterocycles. The molecule has 0 bridgehead atoms. The van der Waals surface area contributed by atoms with Gasteiger partial charge >= 0.3 is 5.97 Å². The van der Waals surface area contributed by atoms with Gasteiger partial charge in [0.15, 0.2) is 0 Å². The number of methoxy groups -OCH3 is 1. The second-order valence-electron chi connectivity index (χ2n) is 7.34. The smallest absolute Gasteiger partial charge is 0.329 e. The summed E-state index contributed by atoms with van der Waals surface area (Å²) in [6, 6.07) is 17.5. The van der Waals surface area contributed by atoms with E-state index in [2.05, 4.69) is 26.4 Å².